The van der Waals surface area contributed by atoms with Gasteiger partial charge < -0.3 is 15.5 Å². The largest absolute Gasteiger partial charge is 0.348 e. The van der Waals surface area contributed by atoms with E-state index in [0.717, 1.165) is 64.2 Å². The van der Waals surface area contributed by atoms with Crippen molar-refractivity contribution in [3.8, 4) is 0 Å². The second-order valence-electron chi connectivity index (χ2n) is 15.4. The van der Waals surface area contributed by atoms with Crippen molar-refractivity contribution in [1.82, 2.24) is 25.5 Å². The highest BCUT2D eigenvalue weighted by Gasteiger charge is 2.50. The Balaban J connectivity index is 1.34. The quantitative estimate of drug-likeness (QED) is 0.145. The van der Waals surface area contributed by atoms with Gasteiger partial charge >= 0.3 is 0 Å². The van der Waals surface area contributed by atoms with Crippen molar-refractivity contribution in [3.05, 3.63) is 36.4 Å². The molecule has 0 unspecified atom stereocenters. The molecule has 0 aromatic carbocycles. The molecular weight excluding hydrogens is 646 g/mol. The molecule has 11 nitrogen and oxygen atoms in total. The molecule has 2 heterocycles. The van der Waals surface area contributed by atoms with E-state index in [-0.39, 0.29) is 71.8 Å². The molecule has 0 spiro atoms. The molecule has 6 atom stereocenters. The van der Waals surface area contributed by atoms with Crippen molar-refractivity contribution in [2.75, 3.05) is 6.54 Å². The minimum atomic E-state index is -0.706. The summed E-state index contributed by atoms with van der Waals surface area (Å²) >= 11 is 0. The molecule has 4 aliphatic rings. The van der Waals surface area contributed by atoms with Crippen molar-refractivity contribution in [3.63, 3.8) is 0 Å². The lowest BCUT2D eigenvalue weighted by Crippen LogP contribution is -2.47. The van der Waals surface area contributed by atoms with Gasteiger partial charge in [-0.2, -0.15) is 0 Å². The average molecular weight is 704 g/mol. The normalized spacial score (nSPS) is 23.7. The number of hydrogen-bond donors (Lipinski definition) is 2. The molecule has 3 saturated carbocycles. The van der Waals surface area contributed by atoms with Crippen molar-refractivity contribution >= 4 is 35.1 Å². The number of fused-ring (bicyclic) bond motifs is 1. The zero-order valence-corrected chi connectivity index (χ0v) is 30.5. The van der Waals surface area contributed by atoms with Gasteiger partial charge in [-0.1, -0.05) is 45.1 Å². The maximum absolute atomic E-state index is 14.7. The fraction of sp³-hybridized carbons (Fsp3) is 0.700. The van der Waals surface area contributed by atoms with E-state index in [2.05, 4.69) is 20.6 Å². The summed E-state index contributed by atoms with van der Waals surface area (Å²) in [5.41, 5.74) is 0.248. The number of allylic oxidation sites excluding steroid dienone is 2. The zero-order chi connectivity index (χ0) is 36.3. The van der Waals surface area contributed by atoms with E-state index in [4.69, 9.17) is 0 Å². The third-order valence-corrected chi connectivity index (χ3v) is 11.7. The van der Waals surface area contributed by atoms with Crippen LogP contribution in [-0.4, -0.2) is 74.6 Å². The third-order valence-electron chi connectivity index (χ3n) is 11.7. The van der Waals surface area contributed by atoms with Crippen LogP contribution in [0.3, 0.4) is 0 Å². The summed E-state index contributed by atoms with van der Waals surface area (Å²) in [6.07, 6.45) is 20.2. The predicted molar refractivity (Wildman–Crippen MR) is 192 cm³/mol. The molecule has 11 heteroatoms. The average Bonchev–Trinajstić information content (AvgIpc) is 3.71. The van der Waals surface area contributed by atoms with Gasteiger partial charge in [0.1, 0.15) is 5.69 Å². The van der Waals surface area contributed by atoms with Gasteiger partial charge in [-0.25, -0.2) is 4.98 Å². The van der Waals surface area contributed by atoms with E-state index in [1.54, 1.807) is 17.9 Å². The van der Waals surface area contributed by atoms with Crippen LogP contribution < -0.4 is 10.6 Å². The number of ketones is 3. The lowest BCUT2D eigenvalue weighted by molar-refractivity contribution is -0.144. The molecule has 4 fully saturated rings. The van der Waals surface area contributed by atoms with Gasteiger partial charge in [0.15, 0.2) is 11.6 Å². The Hall–Kier alpha value is -3.76. The van der Waals surface area contributed by atoms with Crippen LogP contribution in [0.15, 0.2) is 30.7 Å². The van der Waals surface area contributed by atoms with Crippen molar-refractivity contribution < 1.29 is 28.8 Å². The molecule has 3 aliphatic carbocycles. The lowest BCUT2D eigenvalue weighted by atomic mass is 9.80. The molecule has 3 amide bonds. The SMILES string of the molecule is C/C=C/C(=O)CC[C@H](CC[C@@H](NC(=O)c1cnccn1)C1CCCCC1)C(=O)N1C[C@@H]2CCC[C@@H]2[C@H]1C(=O)C[C@@H](CCC)C(=O)C(=O)NC1CC1. The van der Waals surface area contributed by atoms with Gasteiger partial charge in [0.25, 0.3) is 11.8 Å². The molecule has 1 aliphatic heterocycles. The number of hydrogen-bond acceptors (Lipinski definition) is 8. The molecule has 0 radical (unpaired) electrons. The molecule has 1 aromatic rings. The topological polar surface area (TPSA) is 156 Å². The maximum Gasteiger partial charge on any atom is 0.287 e. The summed E-state index contributed by atoms with van der Waals surface area (Å²) < 4.78 is 0. The summed E-state index contributed by atoms with van der Waals surface area (Å²) in [4.78, 5) is 90.8. The van der Waals surface area contributed by atoms with E-state index in [1.807, 2.05) is 6.92 Å². The van der Waals surface area contributed by atoms with Gasteiger partial charge in [0, 0.05) is 55.7 Å². The number of likely N-dealkylation sites (tertiary alicyclic amines) is 1. The fourth-order valence-electron chi connectivity index (χ4n) is 8.87. The summed E-state index contributed by atoms with van der Waals surface area (Å²) in [6.45, 7) is 4.22. The molecule has 5 rings (SSSR count). The highest BCUT2D eigenvalue weighted by atomic mass is 16.2. The van der Waals surface area contributed by atoms with Crippen LogP contribution in [0.4, 0.5) is 0 Å². The fourth-order valence-corrected chi connectivity index (χ4v) is 8.87. The van der Waals surface area contributed by atoms with Crippen LogP contribution in [0, 0.1) is 29.6 Å². The monoisotopic (exact) mass is 703 g/mol. The minimum Gasteiger partial charge on any atom is -0.348 e. The molecule has 51 heavy (non-hydrogen) atoms. The van der Waals surface area contributed by atoms with Crippen molar-refractivity contribution in [2.24, 2.45) is 29.6 Å². The first-order chi connectivity index (χ1) is 24.7. The summed E-state index contributed by atoms with van der Waals surface area (Å²) in [5.74, 6) is -2.43. The van der Waals surface area contributed by atoms with E-state index in [1.165, 1.54) is 24.7 Å². The standard InChI is InChI=1S/C40H57N5O6/c1-3-9-28(37(48)39(50)43-30-17-18-30)23-35(47)36-32-14-8-13-29(32)25-45(36)40(51)27(15-19-31(46)10-4-2)16-20-33(26-11-6-5-7-12-26)44-38(49)34-24-41-21-22-42-34/h4,10,21-22,24,26-30,32-33,36H,3,5-9,11-20,23,25H2,1-2H3,(H,43,50)(H,44,49)/b10-4+/t27-,28-,29+,32+,33-,36+/m1/s1. The van der Waals surface area contributed by atoms with Gasteiger partial charge in [0.2, 0.25) is 11.7 Å². The van der Waals surface area contributed by atoms with Crippen molar-refractivity contribution in [2.45, 2.75) is 141 Å². The number of amides is 3. The summed E-state index contributed by atoms with van der Waals surface area (Å²) in [5, 5.41) is 6.00. The van der Waals surface area contributed by atoms with E-state index in [0.29, 0.717) is 38.6 Å². The maximum atomic E-state index is 14.7. The highest BCUT2D eigenvalue weighted by Crippen LogP contribution is 2.44. The minimum absolute atomic E-state index is 0.0330. The smallest absolute Gasteiger partial charge is 0.287 e. The van der Waals surface area contributed by atoms with E-state index >= 15 is 0 Å². The number of carbonyl (C=O) groups excluding carboxylic acids is 6. The van der Waals surface area contributed by atoms with Crippen LogP contribution >= 0.6 is 0 Å². The van der Waals surface area contributed by atoms with Crippen molar-refractivity contribution in [1.29, 1.82) is 0 Å². The van der Waals surface area contributed by atoms with Crippen LogP contribution in [0.5, 0.6) is 0 Å². The number of Topliss-reactive ketones (excluding diaryl/α,β-unsaturated/α-hetero) is 2. The number of rotatable bonds is 19. The Morgan fingerprint density at radius 2 is 1.69 bits per heavy atom. The molecule has 2 N–H and O–H groups in total. The van der Waals surface area contributed by atoms with Gasteiger partial charge in [-0.3, -0.25) is 33.8 Å². The number of aromatic nitrogens is 2. The second kappa shape index (κ2) is 18.6. The van der Waals surface area contributed by atoms with Gasteiger partial charge in [-0.05, 0) is 95.0 Å². The Morgan fingerprint density at radius 1 is 0.902 bits per heavy atom. The first-order valence-electron chi connectivity index (χ1n) is 19.6. The molecule has 1 saturated heterocycles. The zero-order valence-electron chi connectivity index (χ0n) is 30.5. The van der Waals surface area contributed by atoms with Crippen LogP contribution in [-0.2, 0) is 24.0 Å². The Labute approximate surface area is 302 Å². The van der Waals surface area contributed by atoms with E-state index in [9.17, 15) is 28.8 Å². The molecule has 0 bridgehead atoms. The molecule has 1 aromatic heterocycles. The van der Waals surface area contributed by atoms with Crippen LogP contribution in [0.2, 0.25) is 0 Å². The number of nitrogens with zero attached hydrogens (tertiary/aromatic N) is 3. The summed E-state index contributed by atoms with van der Waals surface area (Å²) in [7, 11) is 0. The van der Waals surface area contributed by atoms with Crippen LogP contribution in [0.25, 0.3) is 0 Å². The highest BCUT2D eigenvalue weighted by molar-refractivity contribution is 6.37. The van der Waals surface area contributed by atoms with E-state index < -0.39 is 29.6 Å². The van der Waals surface area contributed by atoms with Gasteiger partial charge in [-0.15, -0.1) is 0 Å². The van der Waals surface area contributed by atoms with Gasteiger partial charge in [0.05, 0.1) is 12.2 Å². The number of carbonyl (C=O) groups is 6. The molecular formula is C40H57N5O6. The first kappa shape index (κ1) is 38.5. The second-order valence-corrected chi connectivity index (χ2v) is 15.4. The van der Waals surface area contributed by atoms with Crippen LogP contribution in [0.1, 0.15) is 133 Å². The lowest BCUT2D eigenvalue weighted by Gasteiger charge is -2.34. The Bertz CT molecular complexity index is 1420. The Kier molecular flexibility index (Phi) is 14.1. The third kappa shape index (κ3) is 10.4. The summed E-state index contributed by atoms with van der Waals surface area (Å²) in [6, 6.07) is -0.751. The molecule has 278 valence electrons. The predicted octanol–water partition coefficient (Wildman–Crippen LogP) is 5.33. The Morgan fingerprint density at radius 3 is 2.37 bits per heavy atom. The first-order valence-corrected chi connectivity index (χ1v) is 19.6. The number of nitrogens with one attached hydrogen (secondary N) is 2.